The van der Waals surface area contributed by atoms with Crippen LogP contribution in [0.25, 0.3) is 0 Å². The maximum absolute atomic E-state index is 13.3. The Kier molecular flexibility index (Phi) is 6.89. The molecule has 192 valence electrons. The van der Waals surface area contributed by atoms with Crippen LogP contribution in [0.15, 0.2) is 42.5 Å². The SMILES string of the molecule is CC1CC(C)CN(C(=O)c2ccc([C@@H]3CC[C@@]4(C)C(=O)N[C@H](C)[C@H]4[C@H]3c3ccc(Cl)cc3)c(Cl)c2)C1. The molecule has 0 radical (unpaired) electrons. The number of piperidine rings is 1. The van der Waals surface area contributed by atoms with Crippen LogP contribution in [0.3, 0.4) is 0 Å². The van der Waals surface area contributed by atoms with E-state index >= 15 is 0 Å². The Hall–Kier alpha value is -2.04. The Morgan fingerprint density at radius 1 is 1.03 bits per heavy atom. The molecule has 0 bridgehead atoms. The monoisotopic (exact) mass is 526 g/mol. The number of amides is 2. The smallest absolute Gasteiger partial charge is 0.253 e. The van der Waals surface area contributed by atoms with E-state index in [0.29, 0.717) is 27.4 Å². The topological polar surface area (TPSA) is 49.4 Å². The van der Waals surface area contributed by atoms with Crippen molar-refractivity contribution in [3.63, 3.8) is 0 Å². The van der Waals surface area contributed by atoms with E-state index in [0.717, 1.165) is 37.9 Å². The molecule has 1 N–H and O–H groups in total. The molecule has 2 unspecified atom stereocenters. The highest BCUT2D eigenvalue weighted by Gasteiger charge is 2.57. The van der Waals surface area contributed by atoms with Crippen molar-refractivity contribution < 1.29 is 9.59 Å². The van der Waals surface area contributed by atoms with Crippen molar-refractivity contribution in [1.82, 2.24) is 10.2 Å². The second kappa shape index (κ2) is 9.68. The van der Waals surface area contributed by atoms with Gasteiger partial charge in [-0.1, -0.05) is 62.2 Å². The Labute approximate surface area is 224 Å². The van der Waals surface area contributed by atoms with Crippen molar-refractivity contribution in [3.8, 4) is 0 Å². The number of halogens is 2. The van der Waals surface area contributed by atoms with Crippen LogP contribution in [-0.4, -0.2) is 35.8 Å². The van der Waals surface area contributed by atoms with Crippen molar-refractivity contribution >= 4 is 35.0 Å². The summed E-state index contributed by atoms with van der Waals surface area (Å²) in [5, 5.41) is 4.55. The lowest BCUT2D eigenvalue weighted by atomic mass is 9.56. The number of nitrogens with zero attached hydrogens (tertiary/aromatic N) is 1. The average molecular weight is 528 g/mol. The highest BCUT2D eigenvalue weighted by Crippen LogP contribution is 2.59. The molecule has 0 aromatic heterocycles. The van der Waals surface area contributed by atoms with Gasteiger partial charge in [0.15, 0.2) is 0 Å². The molecule has 3 aliphatic rings. The summed E-state index contributed by atoms with van der Waals surface area (Å²) in [7, 11) is 0. The fourth-order valence-corrected chi connectivity index (χ4v) is 7.93. The minimum absolute atomic E-state index is 0.0616. The van der Waals surface area contributed by atoms with Crippen molar-refractivity contribution in [1.29, 1.82) is 0 Å². The van der Waals surface area contributed by atoms with Crippen LogP contribution in [0.2, 0.25) is 10.0 Å². The van der Waals surface area contributed by atoms with Crippen LogP contribution >= 0.6 is 23.2 Å². The van der Waals surface area contributed by atoms with Crippen LogP contribution in [-0.2, 0) is 4.79 Å². The van der Waals surface area contributed by atoms with Crippen molar-refractivity contribution in [2.24, 2.45) is 23.2 Å². The number of rotatable bonds is 3. The van der Waals surface area contributed by atoms with Gasteiger partial charge in [-0.05, 0) is 85.3 Å². The minimum Gasteiger partial charge on any atom is -0.353 e. The minimum atomic E-state index is -0.412. The lowest BCUT2D eigenvalue weighted by Gasteiger charge is -2.46. The number of carbonyl (C=O) groups excluding carboxylic acids is 2. The predicted molar refractivity (Wildman–Crippen MR) is 146 cm³/mol. The Bertz CT molecular complexity index is 1160. The first-order chi connectivity index (χ1) is 17.1. The average Bonchev–Trinajstić information content (AvgIpc) is 3.06. The third-order valence-electron chi connectivity index (χ3n) is 9.00. The maximum atomic E-state index is 13.3. The van der Waals surface area contributed by atoms with E-state index in [1.54, 1.807) is 0 Å². The molecule has 5 rings (SSSR count). The molecule has 2 aromatic rings. The molecule has 2 saturated heterocycles. The van der Waals surface area contributed by atoms with E-state index in [2.05, 4.69) is 51.2 Å². The van der Waals surface area contributed by atoms with Gasteiger partial charge in [0.05, 0.1) is 5.41 Å². The molecule has 1 saturated carbocycles. The Balaban J connectivity index is 1.50. The van der Waals surface area contributed by atoms with Gasteiger partial charge in [-0.2, -0.15) is 0 Å². The number of nitrogens with one attached hydrogen (secondary N) is 1. The lowest BCUT2D eigenvalue weighted by molar-refractivity contribution is -0.129. The fraction of sp³-hybridized carbons (Fsp3) is 0.533. The summed E-state index contributed by atoms with van der Waals surface area (Å²) in [6.45, 7) is 10.2. The molecule has 2 aliphatic heterocycles. The highest BCUT2D eigenvalue weighted by atomic mass is 35.5. The Morgan fingerprint density at radius 3 is 2.33 bits per heavy atom. The van der Waals surface area contributed by atoms with Crippen molar-refractivity contribution in [2.75, 3.05) is 13.1 Å². The molecule has 2 amide bonds. The lowest BCUT2D eigenvalue weighted by Crippen LogP contribution is -2.43. The van der Waals surface area contributed by atoms with Crippen LogP contribution in [0.5, 0.6) is 0 Å². The third kappa shape index (κ3) is 4.45. The molecule has 2 heterocycles. The van der Waals surface area contributed by atoms with E-state index < -0.39 is 5.41 Å². The molecular formula is C30H36Cl2N2O2. The molecule has 36 heavy (non-hydrogen) atoms. The summed E-state index contributed by atoms with van der Waals surface area (Å²) in [5.74, 6) is 1.62. The van der Waals surface area contributed by atoms with Crippen LogP contribution in [0, 0.1) is 23.2 Å². The van der Waals surface area contributed by atoms with Gasteiger partial charge in [-0.3, -0.25) is 9.59 Å². The van der Waals surface area contributed by atoms with Gasteiger partial charge in [0.25, 0.3) is 5.91 Å². The largest absolute Gasteiger partial charge is 0.353 e. The molecule has 4 nitrogen and oxygen atoms in total. The summed E-state index contributed by atoms with van der Waals surface area (Å²) >= 11 is 13.2. The molecular weight excluding hydrogens is 491 g/mol. The summed E-state index contributed by atoms with van der Waals surface area (Å²) in [6.07, 6.45) is 2.82. The second-order valence-electron chi connectivity index (χ2n) is 11.8. The molecule has 3 fully saturated rings. The number of hydrogen-bond acceptors (Lipinski definition) is 2. The zero-order chi connectivity index (χ0) is 25.8. The fourth-order valence-electron chi connectivity index (χ4n) is 7.48. The van der Waals surface area contributed by atoms with E-state index in [1.165, 1.54) is 5.56 Å². The molecule has 0 spiro atoms. The van der Waals surface area contributed by atoms with Gasteiger partial charge < -0.3 is 10.2 Å². The second-order valence-corrected chi connectivity index (χ2v) is 12.7. The van der Waals surface area contributed by atoms with Crippen LogP contribution < -0.4 is 5.32 Å². The quantitative estimate of drug-likeness (QED) is 0.472. The number of hydrogen-bond donors (Lipinski definition) is 1. The van der Waals surface area contributed by atoms with Gasteiger partial charge in [0.2, 0.25) is 5.91 Å². The first-order valence-electron chi connectivity index (χ1n) is 13.2. The zero-order valence-electron chi connectivity index (χ0n) is 21.6. The van der Waals surface area contributed by atoms with Gasteiger partial charge in [0, 0.05) is 40.7 Å². The van der Waals surface area contributed by atoms with Crippen molar-refractivity contribution in [2.45, 2.75) is 64.8 Å². The summed E-state index contributed by atoms with van der Waals surface area (Å²) in [5.41, 5.74) is 2.47. The summed E-state index contributed by atoms with van der Waals surface area (Å²) in [4.78, 5) is 28.3. The van der Waals surface area contributed by atoms with Crippen LogP contribution in [0.1, 0.15) is 80.3 Å². The number of likely N-dealkylation sites (tertiary alicyclic amines) is 1. The summed E-state index contributed by atoms with van der Waals surface area (Å²) < 4.78 is 0. The van der Waals surface area contributed by atoms with E-state index in [1.807, 2.05) is 29.2 Å². The zero-order valence-corrected chi connectivity index (χ0v) is 23.1. The van der Waals surface area contributed by atoms with Gasteiger partial charge in [-0.15, -0.1) is 0 Å². The Morgan fingerprint density at radius 2 is 1.69 bits per heavy atom. The van der Waals surface area contributed by atoms with E-state index in [4.69, 9.17) is 23.2 Å². The molecule has 1 aliphatic carbocycles. The van der Waals surface area contributed by atoms with E-state index in [9.17, 15) is 9.59 Å². The highest BCUT2D eigenvalue weighted by molar-refractivity contribution is 6.32. The maximum Gasteiger partial charge on any atom is 0.253 e. The van der Waals surface area contributed by atoms with E-state index in [-0.39, 0.29) is 35.6 Å². The number of carbonyl (C=O) groups is 2. The molecule has 7 atom stereocenters. The number of fused-ring (bicyclic) bond motifs is 1. The van der Waals surface area contributed by atoms with Gasteiger partial charge >= 0.3 is 0 Å². The van der Waals surface area contributed by atoms with Gasteiger partial charge in [-0.25, -0.2) is 0 Å². The van der Waals surface area contributed by atoms with Gasteiger partial charge in [0.1, 0.15) is 0 Å². The van der Waals surface area contributed by atoms with Crippen molar-refractivity contribution in [3.05, 3.63) is 69.2 Å². The van der Waals surface area contributed by atoms with Crippen LogP contribution in [0.4, 0.5) is 0 Å². The summed E-state index contributed by atoms with van der Waals surface area (Å²) in [6, 6.07) is 14.0. The normalized spacial score (nSPS) is 34.3. The number of benzene rings is 2. The molecule has 6 heteroatoms. The first kappa shape index (κ1) is 25.6. The molecule has 2 aromatic carbocycles. The standard InChI is InChI=1S/C30H36Cl2N2O2/c1-17-13-18(2)16-34(15-17)28(35)21-7-10-23(25(32)14-21)24-11-12-30(4)27(19(3)33-29(30)36)26(24)20-5-8-22(31)9-6-20/h5-10,14,17-19,24,26-27H,11-13,15-16H2,1-4H3,(H,33,36)/t17?,18?,19-,24+,26+,27+,30-/m1/s1. The third-order valence-corrected chi connectivity index (χ3v) is 9.58. The first-order valence-corrected chi connectivity index (χ1v) is 14.0. The predicted octanol–water partition coefficient (Wildman–Crippen LogP) is 6.91.